The molecule has 0 bridgehead atoms. The number of unbranched alkanes of at least 4 members (excludes halogenated alkanes) is 3. The minimum atomic E-state index is -0.255. The highest BCUT2D eigenvalue weighted by molar-refractivity contribution is 7.99. The van der Waals surface area contributed by atoms with E-state index in [2.05, 4.69) is 46.1 Å². The molecule has 1 saturated heterocycles. The zero-order valence-corrected chi connectivity index (χ0v) is 15.5. The lowest BCUT2D eigenvalue weighted by Crippen LogP contribution is -2.41. The maximum Gasteiger partial charge on any atom is 0.505 e. The molecule has 0 aliphatic carbocycles. The number of thiophene rings is 1. The van der Waals surface area contributed by atoms with Crippen molar-refractivity contribution in [1.82, 2.24) is 0 Å². The van der Waals surface area contributed by atoms with Gasteiger partial charge in [-0.3, -0.25) is 0 Å². The fraction of sp³-hybridized carbons (Fsp3) is 0.750. The van der Waals surface area contributed by atoms with Crippen LogP contribution in [0.25, 0.3) is 0 Å². The molecule has 1 fully saturated rings. The van der Waals surface area contributed by atoms with Gasteiger partial charge in [0.1, 0.15) is 0 Å². The second kappa shape index (κ2) is 7.07. The molecule has 0 saturated carbocycles. The van der Waals surface area contributed by atoms with Crippen LogP contribution in [0.2, 0.25) is 0 Å². The van der Waals surface area contributed by atoms with Gasteiger partial charge >= 0.3 is 7.12 Å². The van der Waals surface area contributed by atoms with Gasteiger partial charge in [0, 0.05) is 15.1 Å². The van der Waals surface area contributed by atoms with Crippen molar-refractivity contribution < 1.29 is 9.31 Å². The number of thioether (sulfide) groups is 1. The Balaban J connectivity index is 1.86. The molecule has 1 aliphatic heterocycles. The molecule has 0 aromatic carbocycles. The first kappa shape index (κ1) is 17.4. The van der Waals surface area contributed by atoms with Crippen molar-refractivity contribution in [1.29, 1.82) is 0 Å². The van der Waals surface area contributed by atoms with Crippen molar-refractivity contribution in [2.24, 2.45) is 0 Å². The summed E-state index contributed by atoms with van der Waals surface area (Å²) in [6, 6.07) is 2.23. The Morgan fingerprint density at radius 1 is 1.10 bits per heavy atom. The first-order chi connectivity index (χ1) is 9.86. The standard InChI is InChI=1S/C16H27BO2S2/c1-6-7-8-9-10-20-13-11-14(21-12-13)17-18-15(2,3)16(4,5)19-17/h11-12H,6-10H2,1-5H3. The van der Waals surface area contributed by atoms with Gasteiger partial charge in [0.05, 0.1) is 11.2 Å². The van der Waals surface area contributed by atoms with E-state index in [9.17, 15) is 0 Å². The van der Waals surface area contributed by atoms with Crippen LogP contribution in [0.1, 0.15) is 60.3 Å². The zero-order valence-electron chi connectivity index (χ0n) is 13.9. The van der Waals surface area contributed by atoms with E-state index in [4.69, 9.17) is 9.31 Å². The van der Waals surface area contributed by atoms with E-state index in [1.54, 1.807) is 11.3 Å². The molecule has 0 radical (unpaired) electrons. The van der Waals surface area contributed by atoms with Crippen LogP contribution in [-0.2, 0) is 9.31 Å². The second-order valence-corrected chi connectivity index (χ2v) is 8.79. The minimum Gasteiger partial charge on any atom is -0.399 e. The smallest absolute Gasteiger partial charge is 0.399 e. The first-order valence-corrected chi connectivity index (χ1v) is 9.79. The van der Waals surface area contributed by atoms with Crippen LogP contribution < -0.4 is 4.78 Å². The van der Waals surface area contributed by atoms with Gasteiger partial charge in [0.25, 0.3) is 0 Å². The molecular formula is C16H27BO2S2. The van der Waals surface area contributed by atoms with Crippen LogP contribution in [0.5, 0.6) is 0 Å². The summed E-state index contributed by atoms with van der Waals surface area (Å²) < 4.78 is 13.4. The van der Waals surface area contributed by atoms with Crippen molar-refractivity contribution >= 4 is 35.0 Å². The van der Waals surface area contributed by atoms with Crippen LogP contribution >= 0.6 is 23.1 Å². The molecule has 1 aliphatic rings. The molecule has 0 unspecified atom stereocenters. The normalized spacial score (nSPS) is 20.1. The number of hydrogen-bond donors (Lipinski definition) is 0. The third-order valence-electron chi connectivity index (χ3n) is 4.35. The van der Waals surface area contributed by atoms with Gasteiger partial charge in [0.15, 0.2) is 0 Å². The molecule has 0 spiro atoms. The van der Waals surface area contributed by atoms with Gasteiger partial charge in [-0.2, -0.15) is 11.3 Å². The molecule has 2 nitrogen and oxygen atoms in total. The molecule has 21 heavy (non-hydrogen) atoms. The molecule has 2 rings (SSSR count). The van der Waals surface area contributed by atoms with E-state index in [0.29, 0.717) is 0 Å². The number of rotatable bonds is 7. The molecule has 1 aromatic heterocycles. The van der Waals surface area contributed by atoms with E-state index in [0.717, 1.165) is 0 Å². The summed E-state index contributed by atoms with van der Waals surface area (Å²) in [6.45, 7) is 10.7. The molecule has 1 aromatic rings. The minimum absolute atomic E-state index is 0.213. The fourth-order valence-corrected chi connectivity index (χ4v) is 4.22. The third-order valence-corrected chi connectivity index (χ3v) is 6.51. The Labute approximate surface area is 138 Å². The lowest BCUT2D eigenvalue weighted by Gasteiger charge is -2.32. The Morgan fingerprint density at radius 2 is 1.76 bits per heavy atom. The predicted molar refractivity (Wildman–Crippen MR) is 94.9 cm³/mol. The van der Waals surface area contributed by atoms with Crippen molar-refractivity contribution in [3.63, 3.8) is 0 Å². The van der Waals surface area contributed by atoms with E-state index in [-0.39, 0.29) is 18.3 Å². The lowest BCUT2D eigenvalue weighted by molar-refractivity contribution is 0.00578. The molecule has 2 heterocycles. The van der Waals surface area contributed by atoms with Crippen LogP contribution in [0, 0.1) is 0 Å². The molecule has 0 amide bonds. The summed E-state index contributed by atoms with van der Waals surface area (Å²) >= 11 is 3.70. The van der Waals surface area contributed by atoms with Crippen LogP contribution in [-0.4, -0.2) is 24.1 Å². The zero-order chi connectivity index (χ0) is 15.5. The number of hydrogen-bond acceptors (Lipinski definition) is 4. The summed E-state index contributed by atoms with van der Waals surface area (Å²) in [5.41, 5.74) is -0.510. The molecule has 0 atom stereocenters. The Hall–Kier alpha value is 0.0349. The van der Waals surface area contributed by atoms with E-state index >= 15 is 0 Å². The highest BCUT2D eigenvalue weighted by Gasteiger charge is 2.52. The van der Waals surface area contributed by atoms with Crippen LogP contribution in [0.15, 0.2) is 16.3 Å². The Kier molecular flexibility index (Phi) is 5.86. The lowest BCUT2D eigenvalue weighted by atomic mass is 9.88. The third kappa shape index (κ3) is 4.28. The molecule has 0 N–H and O–H groups in total. The molecule has 118 valence electrons. The van der Waals surface area contributed by atoms with Crippen molar-refractivity contribution in [3.8, 4) is 0 Å². The van der Waals surface area contributed by atoms with Gasteiger partial charge < -0.3 is 9.31 Å². The van der Waals surface area contributed by atoms with E-state index in [1.807, 2.05) is 11.8 Å². The van der Waals surface area contributed by atoms with Crippen molar-refractivity contribution in [3.05, 3.63) is 11.4 Å². The quantitative estimate of drug-likeness (QED) is 0.410. The average Bonchev–Trinajstić information content (AvgIpc) is 2.93. The van der Waals surface area contributed by atoms with Crippen LogP contribution in [0.3, 0.4) is 0 Å². The molecule has 5 heteroatoms. The van der Waals surface area contributed by atoms with Gasteiger partial charge in [-0.05, 0) is 45.9 Å². The first-order valence-electron chi connectivity index (χ1n) is 7.92. The summed E-state index contributed by atoms with van der Waals surface area (Å²) in [5.74, 6) is 1.21. The van der Waals surface area contributed by atoms with Gasteiger partial charge in [0.2, 0.25) is 0 Å². The highest BCUT2D eigenvalue weighted by Crippen LogP contribution is 2.37. The topological polar surface area (TPSA) is 18.5 Å². The van der Waals surface area contributed by atoms with Gasteiger partial charge in [-0.1, -0.05) is 26.2 Å². The SMILES string of the molecule is CCCCCCSc1csc(B2OC(C)(C)C(C)(C)O2)c1. The average molecular weight is 326 g/mol. The summed E-state index contributed by atoms with van der Waals surface area (Å²) in [6.07, 6.45) is 5.30. The molecular weight excluding hydrogens is 299 g/mol. The van der Waals surface area contributed by atoms with E-state index in [1.165, 1.54) is 41.1 Å². The second-order valence-electron chi connectivity index (χ2n) is 6.68. The summed E-state index contributed by atoms with van der Waals surface area (Å²) in [4.78, 5) is 1.35. The van der Waals surface area contributed by atoms with Gasteiger partial charge in [-0.15, -0.1) is 11.8 Å². The maximum absolute atomic E-state index is 6.10. The Bertz CT molecular complexity index is 441. The predicted octanol–water partition coefficient (Wildman–Crippen LogP) is 4.72. The van der Waals surface area contributed by atoms with E-state index < -0.39 is 0 Å². The van der Waals surface area contributed by atoms with Crippen molar-refractivity contribution in [2.45, 2.75) is 76.4 Å². The van der Waals surface area contributed by atoms with Crippen LogP contribution in [0.4, 0.5) is 0 Å². The van der Waals surface area contributed by atoms with Gasteiger partial charge in [-0.25, -0.2) is 0 Å². The van der Waals surface area contributed by atoms with Crippen molar-refractivity contribution in [2.75, 3.05) is 5.75 Å². The largest absolute Gasteiger partial charge is 0.505 e. The fourth-order valence-electron chi connectivity index (χ4n) is 2.21. The highest BCUT2D eigenvalue weighted by atomic mass is 32.2. The maximum atomic E-state index is 6.10. The summed E-state index contributed by atoms with van der Waals surface area (Å²) in [5, 5.41) is 2.23. The Morgan fingerprint density at radius 3 is 2.38 bits per heavy atom. The monoisotopic (exact) mass is 326 g/mol. The summed E-state index contributed by atoms with van der Waals surface area (Å²) in [7, 11) is -0.213.